The summed E-state index contributed by atoms with van der Waals surface area (Å²) in [5, 5.41) is 0. The monoisotopic (exact) mass is 332 g/mol. The van der Waals surface area contributed by atoms with Gasteiger partial charge in [-0.3, -0.25) is 4.79 Å². The first-order valence-corrected chi connectivity index (χ1v) is 9.73. The van der Waals surface area contributed by atoms with Crippen LogP contribution in [0.25, 0.3) is 11.1 Å². The van der Waals surface area contributed by atoms with E-state index in [0.29, 0.717) is 23.5 Å². The van der Waals surface area contributed by atoms with E-state index in [0.717, 1.165) is 12.8 Å². The van der Waals surface area contributed by atoms with Gasteiger partial charge in [-0.25, -0.2) is 0 Å². The Bertz CT molecular complexity index is 758. The van der Waals surface area contributed by atoms with Crippen molar-refractivity contribution < 1.29 is 4.79 Å². The topological polar surface area (TPSA) is 17.1 Å². The van der Waals surface area contributed by atoms with Crippen LogP contribution in [0.15, 0.2) is 54.6 Å². The van der Waals surface area contributed by atoms with Crippen LogP contribution >= 0.6 is 0 Å². The summed E-state index contributed by atoms with van der Waals surface area (Å²) in [6.45, 7) is 6.71. The lowest BCUT2D eigenvalue weighted by atomic mass is 9.66. The molecule has 0 bridgehead atoms. The zero-order chi connectivity index (χ0) is 17.6. The maximum atomic E-state index is 13.2. The van der Waals surface area contributed by atoms with Crippen molar-refractivity contribution in [2.24, 2.45) is 23.2 Å². The third kappa shape index (κ3) is 2.65. The van der Waals surface area contributed by atoms with Gasteiger partial charge in [0.25, 0.3) is 0 Å². The fourth-order valence-electron chi connectivity index (χ4n) is 5.09. The van der Waals surface area contributed by atoms with Crippen molar-refractivity contribution >= 4 is 5.78 Å². The van der Waals surface area contributed by atoms with Gasteiger partial charge in [0.15, 0.2) is 0 Å². The first-order valence-electron chi connectivity index (χ1n) is 9.73. The van der Waals surface area contributed by atoms with Crippen LogP contribution in [0, 0.1) is 23.2 Å². The fourth-order valence-corrected chi connectivity index (χ4v) is 5.09. The molecule has 2 fully saturated rings. The van der Waals surface area contributed by atoms with Crippen molar-refractivity contribution in [2.45, 2.75) is 46.0 Å². The highest BCUT2D eigenvalue weighted by Gasteiger charge is 2.65. The Morgan fingerprint density at radius 1 is 0.920 bits per heavy atom. The van der Waals surface area contributed by atoms with E-state index in [1.807, 2.05) is 6.07 Å². The molecule has 25 heavy (non-hydrogen) atoms. The quantitative estimate of drug-likeness (QED) is 0.664. The Morgan fingerprint density at radius 2 is 1.56 bits per heavy atom. The maximum absolute atomic E-state index is 13.2. The van der Waals surface area contributed by atoms with E-state index in [4.69, 9.17) is 0 Å². The zero-order valence-corrected chi connectivity index (χ0v) is 15.5. The average molecular weight is 332 g/mol. The minimum absolute atomic E-state index is 0.0680. The molecule has 0 aromatic heterocycles. The first-order chi connectivity index (χ1) is 12.0. The molecule has 1 spiro atoms. The molecule has 1 nitrogen and oxygen atoms in total. The lowest BCUT2D eigenvalue weighted by Crippen LogP contribution is -2.39. The highest BCUT2D eigenvalue weighted by molar-refractivity contribution is 5.92. The minimum atomic E-state index is -0.0680. The van der Waals surface area contributed by atoms with E-state index in [9.17, 15) is 4.79 Å². The number of carbonyl (C=O) groups is 1. The molecule has 130 valence electrons. The SMILES string of the molecule is CC(C)[C@H]1CC[C@H](C)[C@@]2(C[C@@H]2c2ccc(-c3ccccc3)cc2)C1=O. The van der Waals surface area contributed by atoms with Crippen LogP contribution in [0.4, 0.5) is 0 Å². The van der Waals surface area contributed by atoms with Crippen LogP contribution in [0.2, 0.25) is 0 Å². The lowest BCUT2D eigenvalue weighted by molar-refractivity contribution is -0.135. The second-order valence-electron chi connectivity index (χ2n) is 8.48. The number of hydrogen-bond donors (Lipinski definition) is 0. The molecule has 0 aliphatic heterocycles. The molecule has 4 rings (SSSR count). The summed E-state index contributed by atoms with van der Waals surface area (Å²) in [6.07, 6.45) is 3.34. The maximum Gasteiger partial charge on any atom is 0.143 e. The van der Waals surface area contributed by atoms with Crippen molar-refractivity contribution in [3.05, 3.63) is 60.2 Å². The van der Waals surface area contributed by atoms with E-state index in [1.54, 1.807) is 0 Å². The van der Waals surface area contributed by atoms with E-state index >= 15 is 0 Å². The van der Waals surface area contributed by atoms with Gasteiger partial charge in [0.05, 0.1) is 0 Å². The summed E-state index contributed by atoms with van der Waals surface area (Å²) in [4.78, 5) is 13.2. The molecule has 0 saturated heterocycles. The van der Waals surface area contributed by atoms with E-state index in [2.05, 4.69) is 69.3 Å². The Morgan fingerprint density at radius 3 is 2.20 bits per heavy atom. The van der Waals surface area contributed by atoms with Crippen LogP contribution in [-0.2, 0) is 4.79 Å². The van der Waals surface area contributed by atoms with Crippen molar-refractivity contribution in [3.63, 3.8) is 0 Å². The summed E-state index contributed by atoms with van der Waals surface area (Å²) in [5.74, 6) is 2.25. The van der Waals surface area contributed by atoms with Gasteiger partial charge in [0.2, 0.25) is 0 Å². The van der Waals surface area contributed by atoms with Gasteiger partial charge >= 0.3 is 0 Å². The van der Waals surface area contributed by atoms with Gasteiger partial charge in [-0.05, 0) is 53.7 Å². The Balaban J connectivity index is 1.58. The molecule has 4 atom stereocenters. The fraction of sp³-hybridized carbons (Fsp3) is 0.458. The number of carbonyl (C=O) groups excluding carboxylic acids is 1. The summed E-state index contributed by atoms with van der Waals surface area (Å²) < 4.78 is 0. The van der Waals surface area contributed by atoms with Crippen molar-refractivity contribution in [3.8, 4) is 11.1 Å². The third-order valence-electron chi connectivity index (χ3n) is 6.81. The molecule has 0 amide bonds. The number of Topliss-reactive ketones (excluding diaryl/α,β-unsaturated/α-hetero) is 1. The standard InChI is InChI=1S/C24H28O/c1-16(2)21-14-9-17(3)24(23(21)25)15-22(24)20-12-10-19(11-13-20)18-7-5-4-6-8-18/h4-8,10-13,16-17,21-22H,9,14-15H2,1-3H3/t17-,21+,22+,24+/m0/s1. The van der Waals surface area contributed by atoms with Crippen molar-refractivity contribution in [1.29, 1.82) is 0 Å². The summed E-state index contributed by atoms with van der Waals surface area (Å²) >= 11 is 0. The number of hydrogen-bond acceptors (Lipinski definition) is 1. The number of ketones is 1. The number of benzene rings is 2. The summed E-state index contributed by atoms with van der Waals surface area (Å²) in [7, 11) is 0. The third-order valence-corrected chi connectivity index (χ3v) is 6.81. The molecule has 2 aliphatic rings. The smallest absolute Gasteiger partial charge is 0.143 e. The predicted molar refractivity (Wildman–Crippen MR) is 103 cm³/mol. The largest absolute Gasteiger partial charge is 0.299 e. The molecule has 0 radical (unpaired) electrons. The minimum Gasteiger partial charge on any atom is -0.299 e. The molecule has 2 aromatic rings. The van der Waals surface area contributed by atoms with E-state index in [1.165, 1.54) is 23.1 Å². The second-order valence-corrected chi connectivity index (χ2v) is 8.48. The number of rotatable bonds is 3. The van der Waals surface area contributed by atoms with Gasteiger partial charge in [0.1, 0.15) is 5.78 Å². The van der Waals surface area contributed by atoms with Gasteiger partial charge < -0.3 is 0 Å². The molecule has 0 N–H and O–H groups in total. The molecule has 2 aliphatic carbocycles. The Kier molecular flexibility index (Phi) is 4.06. The van der Waals surface area contributed by atoms with Crippen LogP contribution in [-0.4, -0.2) is 5.78 Å². The summed E-state index contributed by atoms with van der Waals surface area (Å²) in [5.41, 5.74) is 3.79. The Labute approximate surface area is 151 Å². The lowest BCUT2D eigenvalue weighted by Gasteiger charge is -2.36. The van der Waals surface area contributed by atoms with E-state index in [-0.39, 0.29) is 11.3 Å². The van der Waals surface area contributed by atoms with Gasteiger partial charge in [0, 0.05) is 11.3 Å². The van der Waals surface area contributed by atoms with E-state index < -0.39 is 0 Å². The molecule has 0 unspecified atom stereocenters. The molecule has 2 aromatic carbocycles. The van der Waals surface area contributed by atoms with Crippen LogP contribution in [0.3, 0.4) is 0 Å². The molecular formula is C24H28O. The molecule has 2 saturated carbocycles. The van der Waals surface area contributed by atoms with Gasteiger partial charge in [-0.2, -0.15) is 0 Å². The first kappa shape index (κ1) is 16.6. The predicted octanol–water partition coefficient (Wildman–Crippen LogP) is 6.10. The summed E-state index contributed by atoms with van der Waals surface area (Å²) in [6, 6.07) is 19.4. The van der Waals surface area contributed by atoms with Gasteiger partial charge in [-0.1, -0.05) is 75.4 Å². The molecule has 0 heterocycles. The van der Waals surface area contributed by atoms with Crippen LogP contribution in [0.1, 0.15) is 51.5 Å². The Hall–Kier alpha value is -1.89. The molecule has 1 heteroatoms. The average Bonchev–Trinajstić information content (AvgIpc) is 3.38. The molecular weight excluding hydrogens is 304 g/mol. The van der Waals surface area contributed by atoms with Crippen molar-refractivity contribution in [1.82, 2.24) is 0 Å². The normalized spacial score (nSPS) is 31.5. The highest BCUT2D eigenvalue weighted by Crippen LogP contribution is 2.68. The second kappa shape index (κ2) is 6.12. The van der Waals surface area contributed by atoms with Gasteiger partial charge in [-0.15, -0.1) is 0 Å². The van der Waals surface area contributed by atoms with Crippen molar-refractivity contribution in [2.75, 3.05) is 0 Å². The zero-order valence-electron chi connectivity index (χ0n) is 15.5. The highest BCUT2D eigenvalue weighted by atomic mass is 16.1. The van der Waals surface area contributed by atoms with Crippen LogP contribution < -0.4 is 0 Å². The van der Waals surface area contributed by atoms with Crippen LogP contribution in [0.5, 0.6) is 0 Å².